The molecule has 2 aromatic rings. The lowest BCUT2D eigenvalue weighted by Gasteiger charge is -2.50. The fourth-order valence-corrected chi connectivity index (χ4v) is 10.3. The molecular formula is C28H41N4O2P. The van der Waals surface area contributed by atoms with Crippen LogP contribution < -0.4 is 15.6 Å². The van der Waals surface area contributed by atoms with Crippen LogP contribution >= 0.6 is 7.44 Å². The highest BCUT2D eigenvalue weighted by Crippen LogP contribution is 2.61. The molecule has 1 fully saturated rings. The highest BCUT2D eigenvalue weighted by Gasteiger charge is 2.55. The van der Waals surface area contributed by atoms with Crippen LogP contribution in [0.3, 0.4) is 0 Å². The Hall–Kier alpha value is -1.75. The summed E-state index contributed by atoms with van der Waals surface area (Å²) in [4.78, 5) is 0. The molecule has 0 unspecified atom stereocenters. The van der Waals surface area contributed by atoms with Gasteiger partial charge in [0.05, 0.1) is 6.20 Å². The zero-order valence-electron chi connectivity index (χ0n) is 22.3. The molecule has 1 aromatic heterocycles. The van der Waals surface area contributed by atoms with Crippen molar-refractivity contribution in [1.82, 2.24) is 20.4 Å². The molecular weight excluding hydrogens is 455 g/mol. The van der Waals surface area contributed by atoms with E-state index in [9.17, 15) is 9.67 Å². The Balaban J connectivity index is 1.58. The minimum atomic E-state index is -3.26. The molecule has 1 heterocycles. The first-order chi connectivity index (χ1) is 16.2. The molecule has 0 radical (unpaired) electrons. The first-order valence-electron chi connectivity index (χ1n) is 13.1. The van der Waals surface area contributed by atoms with E-state index in [-0.39, 0.29) is 16.5 Å². The van der Waals surface area contributed by atoms with Crippen LogP contribution in [0, 0.1) is 11.8 Å². The van der Waals surface area contributed by atoms with Crippen molar-refractivity contribution in [2.24, 2.45) is 11.8 Å². The lowest BCUT2D eigenvalue weighted by Crippen LogP contribution is -2.50. The molecule has 1 aromatic carbocycles. The molecule has 0 saturated heterocycles. The number of aryl methyl sites for hydroxylation is 1. The van der Waals surface area contributed by atoms with Crippen LogP contribution in [-0.2, 0) is 22.8 Å². The summed E-state index contributed by atoms with van der Waals surface area (Å²) in [7, 11) is -3.26. The van der Waals surface area contributed by atoms with E-state index in [1.807, 2.05) is 59.9 Å². The maximum Gasteiger partial charge on any atom is 0.261 e. The summed E-state index contributed by atoms with van der Waals surface area (Å²) >= 11 is 0. The van der Waals surface area contributed by atoms with E-state index in [2.05, 4.69) is 33.4 Å². The number of hydrogen-bond acceptors (Lipinski definition) is 4. The van der Waals surface area contributed by atoms with E-state index < -0.39 is 7.44 Å². The Labute approximate surface area is 210 Å². The van der Waals surface area contributed by atoms with Crippen molar-refractivity contribution in [1.29, 1.82) is 0 Å². The lowest BCUT2D eigenvalue weighted by molar-refractivity contribution is 0.106. The monoisotopic (exact) mass is 496 g/mol. The molecule has 3 aliphatic rings. The number of aromatic hydroxyl groups is 1. The largest absolute Gasteiger partial charge is 0.508 e. The van der Waals surface area contributed by atoms with Gasteiger partial charge in [0.25, 0.3) is 7.44 Å². The van der Waals surface area contributed by atoms with E-state index in [1.165, 1.54) is 22.3 Å². The van der Waals surface area contributed by atoms with Gasteiger partial charge in [-0.15, -0.1) is 5.10 Å². The number of hydrogen-bond donors (Lipinski definition) is 3. The van der Waals surface area contributed by atoms with Gasteiger partial charge >= 0.3 is 0 Å². The fourth-order valence-electron chi connectivity index (χ4n) is 7.30. The van der Waals surface area contributed by atoms with E-state index in [4.69, 9.17) is 0 Å². The van der Waals surface area contributed by atoms with Gasteiger partial charge in [-0.3, -0.25) is 4.57 Å². The predicted octanol–water partition coefficient (Wildman–Crippen LogP) is 5.35. The first kappa shape index (κ1) is 24.9. The van der Waals surface area contributed by atoms with Crippen molar-refractivity contribution in [3.05, 3.63) is 46.6 Å². The molecule has 7 heteroatoms. The van der Waals surface area contributed by atoms with Crippen molar-refractivity contribution in [3.63, 3.8) is 0 Å². The number of nitrogens with one attached hydrogen (secondary N) is 2. The van der Waals surface area contributed by atoms with E-state index in [1.54, 1.807) is 0 Å². The number of fused-ring (bicyclic) bond motifs is 7. The molecule has 0 spiro atoms. The van der Waals surface area contributed by atoms with Crippen molar-refractivity contribution in [3.8, 4) is 5.75 Å². The van der Waals surface area contributed by atoms with Gasteiger partial charge in [0.1, 0.15) is 5.75 Å². The zero-order valence-corrected chi connectivity index (χ0v) is 23.2. The third kappa shape index (κ3) is 4.36. The number of aromatic nitrogens is 2. The van der Waals surface area contributed by atoms with E-state index >= 15 is 0 Å². The van der Waals surface area contributed by atoms with Crippen molar-refractivity contribution >= 4 is 12.9 Å². The normalized spacial score (nSPS) is 28.1. The average Bonchev–Trinajstić information content (AvgIpc) is 3.03. The Bertz CT molecular complexity index is 1180. The molecule has 6 nitrogen and oxygen atoms in total. The molecule has 4 atom stereocenters. The van der Waals surface area contributed by atoms with Gasteiger partial charge in [0.2, 0.25) is 0 Å². The maximum absolute atomic E-state index is 14.8. The van der Waals surface area contributed by atoms with Crippen molar-refractivity contribution in [2.75, 3.05) is 0 Å². The van der Waals surface area contributed by atoms with Crippen LogP contribution in [0.25, 0.3) is 0 Å². The third-order valence-electron chi connectivity index (χ3n) is 8.31. The van der Waals surface area contributed by atoms with Crippen molar-refractivity contribution < 1.29 is 9.67 Å². The van der Waals surface area contributed by atoms with Gasteiger partial charge in [-0.05, 0) is 131 Å². The Morgan fingerprint density at radius 1 is 1.06 bits per heavy atom. The van der Waals surface area contributed by atoms with Gasteiger partial charge in [-0.2, -0.15) is 5.10 Å². The fraction of sp³-hybridized carbons (Fsp3) is 0.643. The second kappa shape index (κ2) is 8.13. The Morgan fingerprint density at radius 2 is 1.74 bits per heavy atom. The van der Waals surface area contributed by atoms with Crippen LogP contribution in [0.2, 0.25) is 0 Å². The van der Waals surface area contributed by atoms with Crippen LogP contribution in [-0.4, -0.2) is 26.4 Å². The molecule has 35 heavy (non-hydrogen) atoms. The molecule has 0 amide bonds. The summed E-state index contributed by atoms with van der Waals surface area (Å²) in [6.07, 6.45) is 7.16. The van der Waals surface area contributed by atoms with Crippen molar-refractivity contribution in [2.45, 2.75) is 103 Å². The summed E-state index contributed by atoms with van der Waals surface area (Å²) in [5, 5.41) is 25.9. The van der Waals surface area contributed by atoms with E-state index in [0.717, 1.165) is 32.1 Å². The van der Waals surface area contributed by atoms with Gasteiger partial charge in [0, 0.05) is 11.1 Å². The minimum absolute atomic E-state index is 0.0784. The summed E-state index contributed by atoms with van der Waals surface area (Å²) in [5.74, 6) is 1.92. The molecule has 190 valence electrons. The second-order valence-corrected chi connectivity index (χ2v) is 15.4. The van der Waals surface area contributed by atoms with Gasteiger partial charge < -0.3 is 5.11 Å². The maximum atomic E-state index is 14.8. The molecule has 5 rings (SSSR count). The van der Waals surface area contributed by atoms with Crippen LogP contribution in [0.15, 0.2) is 24.4 Å². The summed E-state index contributed by atoms with van der Waals surface area (Å²) in [6.45, 7) is 14.7. The third-order valence-corrected chi connectivity index (χ3v) is 11.2. The lowest BCUT2D eigenvalue weighted by atomic mass is 9.55. The second-order valence-electron chi connectivity index (χ2n) is 13.4. The SMILES string of the molecule is CC(C)(C)NP(=O)(NC(C)(C)C)c1nncc2c1[C@@]1(C)CC[C@@H]3c4ccc(O)cc4CC[C@H]3[C@@H]1C2. The van der Waals surface area contributed by atoms with Crippen LogP contribution in [0.1, 0.15) is 95.9 Å². The molecule has 3 aliphatic carbocycles. The number of rotatable bonds is 3. The van der Waals surface area contributed by atoms with Gasteiger partial charge in [-0.1, -0.05) is 13.0 Å². The molecule has 0 bridgehead atoms. The minimum Gasteiger partial charge on any atom is -0.508 e. The van der Waals surface area contributed by atoms with Gasteiger partial charge in [-0.25, -0.2) is 10.2 Å². The van der Waals surface area contributed by atoms with E-state index in [0.29, 0.717) is 28.9 Å². The quantitative estimate of drug-likeness (QED) is 0.497. The number of nitrogens with zero attached hydrogens (tertiary/aromatic N) is 2. The number of phenols is 1. The molecule has 1 saturated carbocycles. The van der Waals surface area contributed by atoms with Gasteiger partial charge in [0.15, 0.2) is 5.44 Å². The number of benzene rings is 1. The predicted molar refractivity (Wildman–Crippen MR) is 141 cm³/mol. The summed E-state index contributed by atoms with van der Waals surface area (Å²) in [5.41, 5.74) is 4.96. The van der Waals surface area contributed by atoms with Crippen LogP contribution in [0.5, 0.6) is 5.75 Å². The highest BCUT2D eigenvalue weighted by molar-refractivity contribution is 7.67. The van der Waals surface area contributed by atoms with Crippen LogP contribution in [0.4, 0.5) is 0 Å². The highest BCUT2D eigenvalue weighted by atomic mass is 31.2. The molecule has 3 N–H and O–H groups in total. The first-order valence-corrected chi connectivity index (χ1v) is 14.8. The molecule has 0 aliphatic heterocycles. The Kier molecular flexibility index (Phi) is 5.79. The summed E-state index contributed by atoms with van der Waals surface area (Å²) < 4.78 is 14.8. The standard InChI is InChI=1S/C28H41N4O2P/c1-26(2,3)31-35(34,32-27(4,5)6)25-24-18(16-29-30-25)15-23-22-10-8-17-14-19(33)9-11-20(17)21(22)12-13-28(23,24)7/h9,11,14,16,21-23,33H,8,10,12-13,15H2,1-7H3,(H2,31,32,34)/t21-,22-,23+,28+/m1/s1. The zero-order chi connectivity index (χ0) is 25.4. The summed E-state index contributed by atoms with van der Waals surface area (Å²) in [6, 6.07) is 5.95. The topological polar surface area (TPSA) is 87.1 Å². The Morgan fingerprint density at radius 3 is 2.40 bits per heavy atom. The number of phenolic OH excluding ortho intramolecular Hbond substituents is 1. The average molecular weight is 497 g/mol. The smallest absolute Gasteiger partial charge is 0.261 e.